The van der Waals surface area contributed by atoms with E-state index in [4.69, 9.17) is 18.9 Å². The highest BCUT2D eigenvalue weighted by molar-refractivity contribution is 6.10. The summed E-state index contributed by atoms with van der Waals surface area (Å²) in [5, 5.41) is -0.109. The number of alkyl halides is 12. The molecule has 64 heavy (non-hydrogen) atoms. The molecular formula is C40H22F12N8O4. The molecule has 0 fully saturated rings. The van der Waals surface area contributed by atoms with Crippen LogP contribution in [0.3, 0.4) is 0 Å². The largest absolute Gasteiger partial charge is 0.483 e. The van der Waals surface area contributed by atoms with Gasteiger partial charge in [0, 0.05) is 21.9 Å². The zero-order valence-electron chi connectivity index (χ0n) is 31.6. The Balaban J connectivity index is 1.42. The molecule has 0 saturated carbocycles. The first-order chi connectivity index (χ1) is 30.2. The van der Waals surface area contributed by atoms with E-state index in [-0.39, 0.29) is 113 Å². The lowest BCUT2D eigenvalue weighted by Gasteiger charge is -2.12. The van der Waals surface area contributed by atoms with Crippen molar-refractivity contribution in [1.29, 1.82) is 0 Å². The van der Waals surface area contributed by atoms with Crippen molar-refractivity contribution in [2.45, 2.75) is 24.7 Å². The lowest BCUT2D eigenvalue weighted by Crippen LogP contribution is -2.19. The van der Waals surface area contributed by atoms with Crippen LogP contribution >= 0.6 is 0 Å². The topological polar surface area (TPSA) is 146 Å². The number of H-pyrrole nitrogens is 2. The van der Waals surface area contributed by atoms with E-state index in [1.54, 1.807) is 0 Å². The van der Waals surface area contributed by atoms with E-state index < -0.39 is 51.1 Å². The average molecular weight is 907 g/mol. The van der Waals surface area contributed by atoms with Crippen molar-refractivity contribution in [3.8, 4) is 68.5 Å². The fourth-order valence-electron chi connectivity index (χ4n) is 6.98. The molecule has 8 bridgehead atoms. The SMILES string of the molecule is FC(F)(F)COc1cccc2c1-c1nc-2nc2[nH]c(nc3nc(nc4[nH]c(n1)c1cccc(OCC(F)(F)F)c41)-c1cccc(OCC(F)(F)F)c1-3)c1cccc(OCC(F)(F)F)c21. The third-order valence-electron chi connectivity index (χ3n) is 9.35. The average Bonchev–Trinajstić information content (AvgIpc) is 3.95. The van der Waals surface area contributed by atoms with Gasteiger partial charge in [0.2, 0.25) is 0 Å². The van der Waals surface area contributed by atoms with E-state index in [0.29, 0.717) is 0 Å². The second-order valence-electron chi connectivity index (χ2n) is 13.9. The molecule has 24 heteroatoms. The van der Waals surface area contributed by atoms with Crippen molar-refractivity contribution in [2.75, 3.05) is 26.4 Å². The summed E-state index contributed by atoms with van der Waals surface area (Å²) in [4.78, 5) is 33.1. The molecule has 12 nitrogen and oxygen atoms in total. The van der Waals surface area contributed by atoms with Gasteiger partial charge in [0.25, 0.3) is 0 Å². The first-order valence-electron chi connectivity index (χ1n) is 18.3. The number of halogens is 12. The summed E-state index contributed by atoms with van der Waals surface area (Å²) in [7, 11) is 0. The molecule has 2 aliphatic heterocycles. The lowest BCUT2D eigenvalue weighted by molar-refractivity contribution is -0.154. The molecule has 0 atom stereocenters. The Kier molecular flexibility index (Phi) is 9.92. The standard InChI is InChI=1S/C40H22F12N8O4/c41-37(42,43)13-61-21-9-1-5-17-25(21)33-53-29(17)57-34-26-18(6-2-10-22(26)62-14-38(44,45)46)31(54-34)59-36-28-20(8-4-12-24(28)64-16-40(50,51)52)32(56-36)60-35-27-19(30(55-35)58-33)7-3-11-23(27)63-15-39(47,48)49/h1-12H,13-16H2,(H2,53,54,55,56,57,58,59,60). The zero-order chi connectivity index (χ0) is 45.3. The Morgan fingerprint density at radius 2 is 0.672 bits per heavy atom. The van der Waals surface area contributed by atoms with E-state index in [1.165, 1.54) is 72.8 Å². The number of fused-ring (bicyclic) bond motifs is 20. The van der Waals surface area contributed by atoms with Crippen LogP contribution in [0, 0.1) is 0 Å². The Labute approximate surface area is 347 Å². The van der Waals surface area contributed by atoms with E-state index in [9.17, 15) is 52.7 Å². The molecule has 5 heterocycles. The van der Waals surface area contributed by atoms with Crippen molar-refractivity contribution in [3.63, 3.8) is 0 Å². The number of nitrogens with zero attached hydrogens (tertiary/aromatic N) is 6. The highest BCUT2D eigenvalue weighted by Crippen LogP contribution is 2.45. The third kappa shape index (κ3) is 8.41. The van der Waals surface area contributed by atoms with Crippen molar-refractivity contribution in [2.24, 2.45) is 0 Å². The molecule has 9 rings (SSSR count). The Morgan fingerprint density at radius 3 is 1.03 bits per heavy atom. The molecule has 0 aliphatic carbocycles. The molecular weight excluding hydrogens is 884 g/mol. The van der Waals surface area contributed by atoms with Crippen LogP contribution in [-0.2, 0) is 0 Å². The van der Waals surface area contributed by atoms with Gasteiger partial charge in [-0.25, -0.2) is 29.9 Å². The first kappa shape index (κ1) is 41.9. The molecule has 3 aromatic heterocycles. The van der Waals surface area contributed by atoms with Crippen LogP contribution in [0.2, 0.25) is 0 Å². The molecule has 0 unspecified atom stereocenters. The summed E-state index contributed by atoms with van der Waals surface area (Å²) in [6, 6.07) is 15.7. The summed E-state index contributed by atoms with van der Waals surface area (Å²) in [5.74, 6) is -2.69. The fourth-order valence-corrected chi connectivity index (χ4v) is 6.98. The number of ether oxygens (including phenoxy) is 4. The molecule has 330 valence electrons. The van der Waals surface area contributed by atoms with Gasteiger partial charge in [-0.3, -0.25) is 0 Å². The molecule has 0 saturated heterocycles. The minimum Gasteiger partial charge on any atom is -0.483 e. The van der Waals surface area contributed by atoms with Crippen LogP contribution in [0.4, 0.5) is 52.7 Å². The number of rotatable bonds is 8. The Bertz CT molecular complexity index is 2950. The summed E-state index contributed by atoms with van der Waals surface area (Å²) in [6.45, 7) is -7.01. The van der Waals surface area contributed by atoms with E-state index >= 15 is 0 Å². The van der Waals surface area contributed by atoms with Crippen LogP contribution in [0.25, 0.3) is 89.7 Å². The van der Waals surface area contributed by atoms with Crippen LogP contribution < -0.4 is 18.9 Å². The molecule has 4 aromatic carbocycles. The fraction of sp³-hybridized carbons (Fsp3) is 0.200. The van der Waals surface area contributed by atoms with Gasteiger partial charge in [-0.05, 0) is 24.3 Å². The summed E-state index contributed by atoms with van der Waals surface area (Å²) in [5.41, 5.74) is -1.08. The summed E-state index contributed by atoms with van der Waals surface area (Å²) >= 11 is 0. The third-order valence-corrected chi connectivity index (χ3v) is 9.35. The smallest absolute Gasteiger partial charge is 0.422 e. The van der Waals surface area contributed by atoms with E-state index in [0.717, 1.165) is 0 Å². The van der Waals surface area contributed by atoms with Crippen molar-refractivity contribution in [3.05, 3.63) is 72.8 Å². The van der Waals surface area contributed by atoms with Crippen LogP contribution in [0.1, 0.15) is 0 Å². The number of hydrogen-bond acceptors (Lipinski definition) is 10. The molecule has 7 aromatic rings. The Morgan fingerprint density at radius 1 is 0.359 bits per heavy atom. The van der Waals surface area contributed by atoms with Gasteiger partial charge in [-0.15, -0.1) is 0 Å². The van der Waals surface area contributed by atoms with Gasteiger partial charge in [-0.2, -0.15) is 52.7 Å². The maximum atomic E-state index is 13.5. The highest BCUT2D eigenvalue weighted by Gasteiger charge is 2.34. The van der Waals surface area contributed by atoms with Gasteiger partial charge in [0.05, 0.1) is 21.9 Å². The zero-order valence-corrected chi connectivity index (χ0v) is 31.6. The molecule has 0 amide bonds. The van der Waals surface area contributed by atoms with Gasteiger partial charge in [0.1, 0.15) is 45.6 Å². The van der Waals surface area contributed by atoms with E-state index in [2.05, 4.69) is 39.9 Å². The van der Waals surface area contributed by atoms with Crippen LogP contribution in [0.15, 0.2) is 72.8 Å². The quantitative estimate of drug-likeness (QED) is 0.141. The normalized spacial score (nSPS) is 12.9. The Hall–Kier alpha value is -7.40. The predicted octanol–water partition coefficient (Wildman–Crippen LogP) is 10.6. The van der Waals surface area contributed by atoms with E-state index in [1.807, 2.05) is 0 Å². The minimum atomic E-state index is -4.81. The van der Waals surface area contributed by atoms with Crippen molar-refractivity contribution in [1.82, 2.24) is 39.9 Å². The lowest BCUT2D eigenvalue weighted by atomic mass is 10.1. The maximum Gasteiger partial charge on any atom is 0.422 e. The molecule has 0 radical (unpaired) electrons. The van der Waals surface area contributed by atoms with Crippen molar-refractivity contribution < 1.29 is 71.6 Å². The first-order valence-corrected chi connectivity index (χ1v) is 18.3. The highest BCUT2D eigenvalue weighted by atomic mass is 19.4. The minimum absolute atomic E-state index is 0.0204. The predicted molar refractivity (Wildman–Crippen MR) is 202 cm³/mol. The number of aromatic nitrogens is 8. The van der Waals surface area contributed by atoms with Crippen LogP contribution in [-0.4, -0.2) is 91.0 Å². The summed E-state index contributed by atoms with van der Waals surface area (Å²) < 4.78 is 183. The van der Waals surface area contributed by atoms with Crippen LogP contribution in [0.5, 0.6) is 23.0 Å². The summed E-state index contributed by atoms with van der Waals surface area (Å²) in [6.07, 6.45) is -19.2. The number of aromatic amines is 2. The number of hydrogen-bond donors (Lipinski definition) is 2. The monoisotopic (exact) mass is 906 g/mol. The van der Waals surface area contributed by atoms with Crippen molar-refractivity contribution >= 4 is 44.1 Å². The molecule has 2 N–H and O–H groups in total. The second-order valence-corrected chi connectivity index (χ2v) is 13.9. The van der Waals surface area contributed by atoms with Gasteiger partial charge in [0.15, 0.2) is 49.7 Å². The number of nitrogens with one attached hydrogen (secondary N) is 2. The number of benzene rings is 4. The molecule has 0 spiro atoms. The second kappa shape index (κ2) is 15.1. The molecule has 2 aliphatic rings. The maximum absolute atomic E-state index is 13.5. The van der Waals surface area contributed by atoms with Gasteiger partial charge >= 0.3 is 24.7 Å². The van der Waals surface area contributed by atoms with Gasteiger partial charge in [-0.1, -0.05) is 48.5 Å². The van der Waals surface area contributed by atoms with Gasteiger partial charge < -0.3 is 28.9 Å².